The molecule has 1 aromatic carbocycles. The second-order valence-electron chi connectivity index (χ2n) is 2.91. The Kier molecular flexibility index (Phi) is 3.27. The lowest BCUT2D eigenvalue weighted by Crippen LogP contribution is -2.12. The van der Waals surface area contributed by atoms with Crippen LogP contribution in [0.15, 0.2) is 12.1 Å². The second kappa shape index (κ2) is 4.47. The van der Waals surface area contributed by atoms with Crippen LogP contribution in [-0.4, -0.2) is 34.2 Å². The number of carbonyl (C=O) groups is 2. The normalized spacial score (nSPS) is 9.71. The van der Waals surface area contributed by atoms with Crippen molar-refractivity contribution >= 4 is 17.6 Å². The summed E-state index contributed by atoms with van der Waals surface area (Å²) in [6.45, 7) is 0. The fraction of sp³-hybridized carbons (Fsp3) is 0.111. The van der Waals surface area contributed by atoms with Gasteiger partial charge in [-0.2, -0.15) is 0 Å². The molecule has 0 radical (unpaired) electrons. The third-order valence-corrected chi connectivity index (χ3v) is 1.99. The summed E-state index contributed by atoms with van der Waals surface area (Å²) in [4.78, 5) is 31.4. The molecule has 0 bridgehead atoms. The maximum Gasteiger partial charge on any atom is 0.343 e. The van der Waals surface area contributed by atoms with Gasteiger partial charge in [0.25, 0.3) is 0 Å². The number of carboxylic acid groups (broad SMARTS) is 2. The Balaban J connectivity index is 3.71. The topological polar surface area (TPSA) is 127 Å². The number of ether oxygens (including phenoxy) is 1. The Hall–Kier alpha value is -2.64. The third-order valence-electron chi connectivity index (χ3n) is 1.99. The van der Waals surface area contributed by atoms with Crippen LogP contribution in [0, 0.1) is 10.1 Å². The molecule has 1 rings (SSSR count). The first-order chi connectivity index (χ1) is 7.90. The molecule has 17 heavy (non-hydrogen) atoms. The van der Waals surface area contributed by atoms with E-state index in [4.69, 9.17) is 10.2 Å². The van der Waals surface area contributed by atoms with Gasteiger partial charge >= 0.3 is 17.6 Å². The molecule has 8 nitrogen and oxygen atoms in total. The van der Waals surface area contributed by atoms with Crippen molar-refractivity contribution < 1.29 is 29.5 Å². The lowest BCUT2D eigenvalue weighted by atomic mass is 10.0. The van der Waals surface area contributed by atoms with Crippen LogP contribution < -0.4 is 4.74 Å². The average Bonchev–Trinajstić information content (AvgIpc) is 2.26. The number of nitro benzene ring substituents is 1. The summed E-state index contributed by atoms with van der Waals surface area (Å²) >= 11 is 0. The molecule has 1 aromatic rings. The number of aromatic carboxylic acids is 2. The Morgan fingerprint density at radius 3 is 2.24 bits per heavy atom. The molecule has 0 aliphatic heterocycles. The third kappa shape index (κ3) is 2.14. The number of carboxylic acids is 2. The van der Waals surface area contributed by atoms with Crippen LogP contribution in [0.1, 0.15) is 20.7 Å². The Morgan fingerprint density at radius 1 is 1.29 bits per heavy atom. The van der Waals surface area contributed by atoms with Gasteiger partial charge in [0.05, 0.1) is 17.6 Å². The number of benzene rings is 1. The molecule has 0 atom stereocenters. The fourth-order valence-corrected chi connectivity index (χ4v) is 1.31. The molecular weight excluding hydrogens is 234 g/mol. The lowest BCUT2D eigenvalue weighted by Gasteiger charge is -2.06. The van der Waals surface area contributed by atoms with Gasteiger partial charge in [0, 0.05) is 0 Å². The minimum absolute atomic E-state index is 0.308. The number of rotatable bonds is 4. The molecule has 0 aliphatic carbocycles. The standard InChI is InChI=1S/C9H7NO7/c1-17-5-3-2-4(8(11)12)6(9(13)14)7(5)10(15)16/h2-3H,1H3,(H,11,12)(H,13,14). The Labute approximate surface area is 94.2 Å². The van der Waals surface area contributed by atoms with E-state index in [2.05, 4.69) is 4.74 Å². The minimum atomic E-state index is -1.70. The van der Waals surface area contributed by atoms with Crippen molar-refractivity contribution in [2.24, 2.45) is 0 Å². The molecule has 0 aliphatic rings. The Bertz CT molecular complexity index is 508. The molecule has 0 saturated heterocycles. The number of nitrogens with zero attached hydrogens (tertiary/aromatic N) is 1. The number of hydrogen-bond acceptors (Lipinski definition) is 5. The molecular formula is C9H7NO7. The second-order valence-corrected chi connectivity index (χ2v) is 2.91. The lowest BCUT2D eigenvalue weighted by molar-refractivity contribution is -0.386. The summed E-state index contributed by atoms with van der Waals surface area (Å²) in [5.41, 5.74) is -2.44. The van der Waals surface area contributed by atoms with Gasteiger partial charge in [0.2, 0.25) is 0 Å². The summed E-state index contributed by atoms with van der Waals surface area (Å²) in [6, 6.07) is 1.98. The maximum absolute atomic E-state index is 10.9. The predicted octanol–water partition coefficient (Wildman–Crippen LogP) is 1.000. The van der Waals surface area contributed by atoms with E-state index in [0.717, 1.165) is 19.2 Å². The van der Waals surface area contributed by atoms with Crippen molar-refractivity contribution in [2.45, 2.75) is 0 Å². The molecule has 0 heterocycles. The zero-order valence-corrected chi connectivity index (χ0v) is 8.54. The zero-order chi connectivity index (χ0) is 13.2. The van der Waals surface area contributed by atoms with Gasteiger partial charge in [-0.3, -0.25) is 10.1 Å². The van der Waals surface area contributed by atoms with Gasteiger partial charge in [-0.05, 0) is 12.1 Å². The van der Waals surface area contributed by atoms with E-state index >= 15 is 0 Å². The van der Waals surface area contributed by atoms with Crippen LogP contribution in [0.4, 0.5) is 5.69 Å². The van der Waals surface area contributed by atoms with E-state index < -0.39 is 33.7 Å². The fourth-order valence-electron chi connectivity index (χ4n) is 1.31. The smallest absolute Gasteiger partial charge is 0.343 e. The first kappa shape index (κ1) is 12.4. The molecule has 2 N–H and O–H groups in total. The van der Waals surface area contributed by atoms with Crippen molar-refractivity contribution in [2.75, 3.05) is 7.11 Å². The molecule has 0 spiro atoms. The van der Waals surface area contributed by atoms with Crippen LogP contribution in [-0.2, 0) is 0 Å². The average molecular weight is 241 g/mol. The minimum Gasteiger partial charge on any atom is -0.490 e. The summed E-state index contributed by atoms with van der Waals surface area (Å²) in [6.07, 6.45) is 0. The van der Waals surface area contributed by atoms with Crippen LogP contribution in [0.25, 0.3) is 0 Å². The first-order valence-corrected chi connectivity index (χ1v) is 4.22. The molecule has 0 fully saturated rings. The summed E-state index contributed by atoms with van der Waals surface area (Å²) < 4.78 is 4.63. The van der Waals surface area contributed by atoms with Gasteiger partial charge in [-0.15, -0.1) is 0 Å². The predicted molar refractivity (Wildman–Crippen MR) is 53.6 cm³/mol. The summed E-state index contributed by atoms with van der Waals surface area (Å²) in [7, 11) is 1.12. The van der Waals surface area contributed by atoms with Crippen LogP contribution in [0.5, 0.6) is 5.75 Å². The van der Waals surface area contributed by atoms with E-state index in [0.29, 0.717) is 0 Å². The van der Waals surface area contributed by atoms with E-state index in [1.54, 1.807) is 0 Å². The van der Waals surface area contributed by atoms with E-state index in [9.17, 15) is 19.7 Å². The number of nitro groups is 1. The van der Waals surface area contributed by atoms with Crippen molar-refractivity contribution in [1.82, 2.24) is 0 Å². The number of hydrogen-bond donors (Lipinski definition) is 2. The van der Waals surface area contributed by atoms with Crippen molar-refractivity contribution in [1.29, 1.82) is 0 Å². The SMILES string of the molecule is COc1ccc(C(=O)O)c(C(=O)O)c1[N+](=O)[O-]. The van der Waals surface area contributed by atoms with Gasteiger partial charge in [-0.1, -0.05) is 0 Å². The van der Waals surface area contributed by atoms with Crippen LogP contribution in [0.2, 0.25) is 0 Å². The highest BCUT2D eigenvalue weighted by molar-refractivity contribution is 6.05. The largest absolute Gasteiger partial charge is 0.490 e. The van der Waals surface area contributed by atoms with Crippen LogP contribution in [0.3, 0.4) is 0 Å². The van der Waals surface area contributed by atoms with Crippen molar-refractivity contribution in [3.05, 3.63) is 33.4 Å². The van der Waals surface area contributed by atoms with E-state index in [1.807, 2.05) is 0 Å². The van der Waals surface area contributed by atoms with E-state index in [1.165, 1.54) is 0 Å². The molecule has 0 amide bonds. The van der Waals surface area contributed by atoms with Crippen molar-refractivity contribution in [3.8, 4) is 5.75 Å². The first-order valence-electron chi connectivity index (χ1n) is 4.22. The molecule has 8 heteroatoms. The van der Waals surface area contributed by atoms with Gasteiger partial charge in [0.15, 0.2) is 11.3 Å². The zero-order valence-electron chi connectivity index (χ0n) is 8.54. The quantitative estimate of drug-likeness (QED) is 0.594. The summed E-state index contributed by atoms with van der Waals surface area (Å²) in [5, 5.41) is 28.3. The summed E-state index contributed by atoms with van der Waals surface area (Å²) in [5.74, 6) is -3.57. The van der Waals surface area contributed by atoms with Gasteiger partial charge < -0.3 is 14.9 Å². The molecule has 0 saturated carbocycles. The highest BCUT2D eigenvalue weighted by Crippen LogP contribution is 2.33. The molecule has 90 valence electrons. The van der Waals surface area contributed by atoms with Gasteiger partial charge in [-0.25, -0.2) is 9.59 Å². The highest BCUT2D eigenvalue weighted by atomic mass is 16.6. The monoisotopic (exact) mass is 241 g/mol. The number of methoxy groups -OCH3 is 1. The van der Waals surface area contributed by atoms with E-state index in [-0.39, 0.29) is 5.75 Å². The molecule has 0 aromatic heterocycles. The van der Waals surface area contributed by atoms with Crippen molar-refractivity contribution in [3.63, 3.8) is 0 Å². The highest BCUT2D eigenvalue weighted by Gasteiger charge is 2.31. The Morgan fingerprint density at radius 2 is 1.88 bits per heavy atom. The van der Waals surface area contributed by atoms with Crippen LogP contribution >= 0.6 is 0 Å². The maximum atomic E-state index is 10.9. The molecule has 0 unspecified atom stereocenters. The van der Waals surface area contributed by atoms with Gasteiger partial charge in [0.1, 0.15) is 0 Å².